The molecule has 19 heavy (non-hydrogen) atoms. The Hall–Kier alpha value is -1.60. The number of thioether (sulfide) groups is 1. The molecule has 0 saturated carbocycles. The number of hydrogen-bond donors (Lipinski definition) is 1. The first-order chi connectivity index (χ1) is 9.15. The quantitative estimate of drug-likeness (QED) is 0.878. The summed E-state index contributed by atoms with van der Waals surface area (Å²) >= 11 is 2.96. The smallest absolute Gasteiger partial charge is 0.305 e. The number of rotatable bonds is 3. The number of carboxylic acid groups (broad SMARTS) is 1. The predicted octanol–water partition coefficient (Wildman–Crippen LogP) is 2.09. The largest absolute Gasteiger partial charge is 0.481 e. The molecular formula is C12H10N2O3S2. The zero-order valence-electron chi connectivity index (χ0n) is 9.78. The molecule has 0 spiro atoms. The monoisotopic (exact) mass is 294 g/mol. The molecule has 0 amide bonds. The number of carboxylic acids is 1. The third kappa shape index (κ3) is 2.31. The normalized spacial score (nSPS) is 17.4. The Labute approximate surface area is 116 Å². The van der Waals surface area contributed by atoms with Crippen molar-refractivity contribution in [1.29, 1.82) is 0 Å². The highest BCUT2D eigenvalue weighted by Crippen LogP contribution is 2.33. The van der Waals surface area contributed by atoms with Gasteiger partial charge >= 0.3 is 5.97 Å². The minimum atomic E-state index is -0.896. The Morgan fingerprint density at radius 3 is 3.11 bits per heavy atom. The lowest BCUT2D eigenvalue weighted by Gasteiger charge is -2.10. The summed E-state index contributed by atoms with van der Waals surface area (Å²) in [4.78, 5) is 28.3. The van der Waals surface area contributed by atoms with Crippen molar-refractivity contribution in [3.8, 4) is 10.6 Å². The molecule has 1 aliphatic heterocycles. The van der Waals surface area contributed by atoms with E-state index in [1.54, 1.807) is 0 Å². The summed E-state index contributed by atoms with van der Waals surface area (Å²) in [5.41, 5.74) is 0.486. The second-order valence-electron chi connectivity index (χ2n) is 4.17. The van der Waals surface area contributed by atoms with Crippen LogP contribution in [0.2, 0.25) is 0 Å². The van der Waals surface area contributed by atoms with Gasteiger partial charge < -0.3 is 5.11 Å². The molecule has 0 unspecified atom stereocenters. The van der Waals surface area contributed by atoms with E-state index in [0.717, 1.165) is 4.88 Å². The van der Waals surface area contributed by atoms with E-state index in [1.807, 2.05) is 17.5 Å². The van der Waals surface area contributed by atoms with E-state index < -0.39 is 5.97 Å². The van der Waals surface area contributed by atoms with Gasteiger partial charge in [-0.2, -0.15) is 0 Å². The minimum Gasteiger partial charge on any atom is -0.481 e. The molecular weight excluding hydrogens is 284 g/mol. The van der Waals surface area contributed by atoms with Gasteiger partial charge in [-0.15, -0.1) is 11.3 Å². The van der Waals surface area contributed by atoms with Crippen LogP contribution in [0.1, 0.15) is 12.5 Å². The fraction of sp³-hybridized carbons (Fsp3) is 0.250. The van der Waals surface area contributed by atoms with Crippen LogP contribution >= 0.6 is 23.1 Å². The Morgan fingerprint density at radius 2 is 2.42 bits per heavy atom. The molecule has 2 aromatic heterocycles. The average molecular weight is 294 g/mol. The van der Waals surface area contributed by atoms with Gasteiger partial charge in [0.1, 0.15) is 0 Å². The number of thiophene rings is 1. The van der Waals surface area contributed by atoms with Crippen molar-refractivity contribution >= 4 is 29.1 Å². The fourth-order valence-corrected chi connectivity index (χ4v) is 3.89. The Kier molecular flexibility index (Phi) is 3.16. The number of hydrogen-bond acceptors (Lipinski definition) is 5. The van der Waals surface area contributed by atoms with Gasteiger partial charge in [0.05, 0.1) is 23.0 Å². The Morgan fingerprint density at radius 1 is 1.58 bits per heavy atom. The van der Waals surface area contributed by atoms with E-state index in [-0.39, 0.29) is 18.0 Å². The van der Waals surface area contributed by atoms with Crippen molar-refractivity contribution in [2.45, 2.75) is 17.6 Å². The number of fused-ring (bicyclic) bond motifs is 1. The second kappa shape index (κ2) is 4.82. The van der Waals surface area contributed by atoms with Crippen LogP contribution < -0.4 is 5.56 Å². The second-order valence-corrected chi connectivity index (χ2v) is 6.11. The van der Waals surface area contributed by atoms with Crippen molar-refractivity contribution in [1.82, 2.24) is 9.55 Å². The van der Waals surface area contributed by atoms with Crippen LogP contribution in [0, 0.1) is 0 Å². The van der Waals surface area contributed by atoms with Crippen LogP contribution in [0.3, 0.4) is 0 Å². The maximum absolute atomic E-state index is 12.1. The molecule has 0 fully saturated rings. The lowest BCUT2D eigenvalue weighted by Crippen LogP contribution is -2.25. The summed E-state index contributed by atoms with van der Waals surface area (Å²) in [6.07, 6.45) is -0.0417. The standard InChI is InChI=1S/C12H10N2O3S2/c15-10-5-8(9-2-1-3-18-9)13-12-14(10)7(6-19-12)4-11(16)17/h1-3,5,7H,4,6H2,(H,16,17)/t7-/m1/s1. The highest BCUT2D eigenvalue weighted by atomic mass is 32.2. The van der Waals surface area contributed by atoms with Crippen LogP contribution in [0.4, 0.5) is 0 Å². The molecule has 5 nitrogen and oxygen atoms in total. The lowest BCUT2D eigenvalue weighted by atomic mass is 10.2. The topological polar surface area (TPSA) is 72.2 Å². The summed E-state index contributed by atoms with van der Waals surface area (Å²) in [6.45, 7) is 0. The third-order valence-corrected chi connectivity index (χ3v) is 4.86. The van der Waals surface area contributed by atoms with E-state index in [2.05, 4.69) is 4.98 Å². The molecule has 0 bridgehead atoms. The van der Waals surface area contributed by atoms with Crippen molar-refractivity contribution in [3.05, 3.63) is 33.9 Å². The zero-order valence-corrected chi connectivity index (χ0v) is 11.4. The van der Waals surface area contributed by atoms with E-state index >= 15 is 0 Å². The molecule has 0 aromatic carbocycles. The molecule has 7 heteroatoms. The van der Waals surface area contributed by atoms with Gasteiger partial charge in [-0.05, 0) is 11.4 Å². The van der Waals surface area contributed by atoms with Gasteiger partial charge in [0.2, 0.25) is 0 Å². The molecule has 2 aromatic rings. The Balaban J connectivity index is 2.03. The van der Waals surface area contributed by atoms with Gasteiger partial charge in [-0.1, -0.05) is 17.8 Å². The molecule has 1 N–H and O–H groups in total. The Bertz CT molecular complexity index is 679. The van der Waals surface area contributed by atoms with Gasteiger partial charge in [-0.3, -0.25) is 14.2 Å². The highest BCUT2D eigenvalue weighted by Gasteiger charge is 2.27. The molecule has 98 valence electrons. The molecule has 3 rings (SSSR count). The number of nitrogens with zero attached hydrogens (tertiary/aromatic N) is 2. The molecule has 0 saturated heterocycles. The summed E-state index contributed by atoms with van der Waals surface area (Å²) in [6, 6.07) is 5.01. The van der Waals surface area contributed by atoms with E-state index in [1.165, 1.54) is 33.7 Å². The maximum atomic E-state index is 12.1. The van der Waals surface area contributed by atoms with E-state index in [0.29, 0.717) is 16.6 Å². The molecule has 1 atom stereocenters. The molecule has 1 aliphatic rings. The first-order valence-corrected chi connectivity index (χ1v) is 7.54. The SMILES string of the molecule is O=C(O)C[C@@H]1CSc2nc(-c3cccs3)cc(=O)n21. The fourth-order valence-electron chi connectivity index (χ4n) is 2.06. The number of aromatic nitrogens is 2. The predicted molar refractivity (Wildman–Crippen MR) is 73.8 cm³/mol. The van der Waals surface area contributed by atoms with Crippen LogP contribution in [0.5, 0.6) is 0 Å². The number of aliphatic carboxylic acids is 1. The summed E-state index contributed by atoms with van der Waals surface area (Å²) in [7, 11) is 0. The van der Waals surface area contributed by atoms with Crippen LogP contribution in [-0.2, 0) is 4.79 Å². The van der Waals surface area contributed by atoms with Crippen molar-refractivity contribution in [2.24, 2.45) is 0 Å². The lowest BCUT2D eigenvalue weighted by molar-refractivity contribution is -0.137. The van der Waals surface area contributed by atoms with E-state index in [4.69, 9.17) is 5.11 Å². The zero-order chi connectivity index (χ0) is 13.4. The molecule has 0 radical (unpaired) electrons. The van der Waals surface area contributed by atoms with Crippen molar-refractivity contribution < 1.29 is 9.90 Å². The number of carbonyl (C=O) groups is 1. The van der Waals surface area contributed by atoms with Crippen LogP contribution in [-0.4, -0.2) is 26.4 Å². The van der Waals surface area contributed by atoms with Gasteiger partial charge in [0.15, 0.2) is 5.16 Å². The third-order valence-electron chi connectivity index (χ3n) is 2.87. The van der Waals surface area contributed by atoms with Gasteiger partial charge in [0, 0.05) is 11.8 Å². The minimum absolute atomic E-state index is 0.0417. The average Bonchev–Trinajstić information content (AvgIpc) is 2.97. The molecule has 3 heterocycles. The van der Waals surface area contributed by atoms with Crippen molar-refractivity contribution in [2.75, 3.05) is 5.75 Å². The highest BCUT2D eigenvalue weighted by molar-refractivity contribution is 7.99. The maximum Gasteiger partial charge on any atom is 0.305 e. The van der Waals surface area contributed by atoms with E-state index in [9.17, 15) is 9.59 Å². The van der Waals surface area contributed by atoms with Gasteiger partial charge in [0.25, 0.3) is 5.56 Å². The summed E-state index contributed by atoms with van der Waals surface area (Å²) < 4.78 is 1.50. The first-order valence-electron chi connectivity index (χ1n) is 5.67. The van der Waals surface area contributed by atoms with Crippen molar-refractivity contribution in [3.63, 3.8) is 0 Å². The van der Waals surface area contributed by atoms with Gasteiger partial charge in [-0.25, -0.2) is 4.98 Å². The summed E-state index contributed by atoms with van der Waals surface area (Å²) in [5, 5.41) is 11.4. The first kappa shape index (κ1) is 12.4. The summed E-state index contributed by atoms with van der Waals surface area (Å²) in [5.74, 6) is -0.310. The van der Waals surface area contributed by atoms with Crippen LogP contribution in [0.25, 0.3) is 10.6 Å². The molecule has 0 aliphatic carbocycles. The van der Waals surface area contributed by atoms with Crippen LogP contribution in [0.15, 0.2) is 33.5 Å².